The fourth-order valence-electron chi connectivity index (χ4n) is 7.03. The lowest BCUT2D eigenvalue weighted by Crippen LogP contribution is -2.65. The van der Waals surface area contributed by atoms with Gasteiger partial charge in [0.25, 0.3) is 11.8 Å². The molecule has 5 atom stereocenters. The van der Waals surface area contributed by atoms with Crippen molar-refractivity contribution in [1.29, 1.82) is 0 Å². The van der Waals surface area contributed by atoms with E-state index in [-0.39, 0.29) is 43.4 Å². The Hall–Kier alpha value is -2.68. The van der Waals surface area contributed by atoms with E-state index in [0.29, 0.717) is 10.8 Å². The van der Waals surface area contributed by atoms with Crippen molar-refractivity contribution in [3.05, 3.63) is 34.9 Å². The van der Waals surface area contributed by atoms with Crippen LogP contribution in [-0.2, 0) is 46.6 Å². The summed E-state index contributed by atoms with van der Waals surface area (Å²) in [7, 11) is -0.705. The summed E-state index contributed by atoms with van der Waals surface area (Å²) in [5, 5.41) is 11.6. The van der Waals surface area contributed by atoms with Crippen LogP contribution in [0.1, 0.15) is 42.4 Å². The Bertz CT molecular complexity index is 1270. The van der Waals surface area contributed by atoms with Crippen LogP contribution >= 0.6 is 7.37 Å². The quantitative estimate of drug-likeness (QED) is 0.335. The molecule has 1 spiro atoms. The van der Waals surface area contributed by atoms with E-state index in [9.17, 15) is 24.1 Å². The molecule has 2 aliphatic carbocycles. The average Bonchev–Trinajstić information content (AvgIpc) is 3.34. The van der Waals surface area contributed by atoms with Crippen molar-refractivity contribution in [2.75, 3.05) is 26.9 Å². The number of aromatic hydroxyl groups is 1. The third-order valence-electron chi connectivity index (χ3n) is 8.52. The number of likely N-dealkylation sites (N-methyl/N-ethyl adjacent to an activating group) is 1. The fourth-order valence-corrected chi connectivity index (χ4v) is 7.80. The predicted octanol–water partition coefficient (Wildman–Crippen LogP) is 2.30. The van der Waals surface area contributed by atoms with E-state index in [1.807, 2.05) is 6.08 Å². The van der Waals surface area contributed by atoms with E-state index in [1.165, 1.54) is 0 Å². The molecule has 1 aromatic rings. The normalized spacial score (nSPS) is 31.9. The molecule has 1 aromatic carbocycles. The molecule has 2 amide bonds. The predicted molar refractivity (Wildman–Crippen MR) is 131 cm³/mol. The minimum Gasteiger partial charge on any atom is -0.504 e. The van der Waals surface area contributed by atoms with Crippen LogP contribution in [0.2, 0.25) is 0 Å². The minimum atomic E-state index is -2.81. The number of phenols is 1. The number of aryl methyl sites for hydroxylation is 1. The van der Waals surface area contributed by atoms with Gasteiger partial charge in [0.05, 0.1) is 6.42 Å². The van der Waals surface area contributed by atoms with Crippen LogP contribution in [0.4, 0.5) is 0 Å². The van der Waals surface area contributed by atoms with Crippen LogP contribution in [0.3, 0.4) is 0 Å². The number of hydroxylamine groups is 2. The van der Waals surface area contributed by atoms with E-state index in [2.05, 4.69) is 18.0 Å². The number of phenolic OH excluding ortho intramolecular Hbond substituents is 1. The third kappa shape index (κ3) is 3.75. The van der Waals surface area contributed by atoms with Gasteiger partial charge in [-0.1, -0.05) is 12.2 Å². The minimum absolute atomic E-state index is 0.00171. The lowest BCUT2D eigenvalue weighted by molar-refractivity contribution is -0.197. The van der Waals surface area contributed by atoms with Gasteiger partial charge in [-0.15, -0.1) is 5.06 Å². The van der Waals surface area contributed by atoms with Gasteiger partial charge in [-0.2, -0.15) is 0 Å². The number of benzene rings is 1. The Kier molecular flexibility index (Phi) is 5.60. The van der Waals surface area contributed by atoms with Crippen LogP contribution in [0, 0.1) is 5.92 Å². The topological polar surface area (TPSA) is 123 Å². The van der Waals surface area contributed by atoms with Gasteiger partial charge in [0.2, 0.25) is 0 Å². The van der Waals surface area contributed by atoms with Crippen LogP contribution in [0.25, 0.3) is 0 Å². The van der Waals surface area contributed by atoms with Gasteiger partial charge in [0.1, 0.15) is 12.2 Å². The summed E-state index contributed by atoms with van der Waals surface area (Å²) in [5.41, 5.74) is 2.41. The monoisotopic (exact) mass is 530 g/mol. The molecule has 11 heteroatoms. The van der Waals surface area contributed by atoms with Gasteiger partial charge >= 0.3 is 5.97 Å². The van der Waals surface area contributed by atoms with Crippen molar-refractivity contribution >= 4 is 25.2 Å². The zero-order valence-corrected chi connectivity index (χ0v) is 22.0. The van der Waals surface area contributed by atoms with Gasteiger partial charge in [0, 0.05) is 49.1 Å². The van der Waals surface area contributed by atoms with Crippen LogP contribution in [0.5, 0.6) is 11.5 Å². The maximum absolute atomic E-state index is 12.6. The van der Waals surface area contributed by atoms with Crippen molar-refractivity contribution in [3.63, 3.8) is 0 Å². The molecule has 0 radical (unpaired) electrons. The average molecular weight is 531 g/mol. The van der Waals surface area contributed by atoms with E-state index in [1.54, 1.807) is 19.4 Å². The number of piperidine rings is 1. The van der Waals surface area contributed by atoms with Crippen molar-refractivity contribution < 1.29 is 38.2 Å². The zero-order chi connectivity index (χ0) is 26.3. The molecular formula is C26H31N2O8P. The molecule has 3 aliphatic heterocycles. The van der Waals surface area contributed by atoms with Crippen molar-refractivity contribution in [3.8, 4) is 11.5 Å². The van der Waals surface area contributed by atoms with Crippen LogP contribution in [-0.4, -0.2) is 78.0 Å². The highest BCUT2D eigenvalue weighted by molar-refractivity contribution is 7.57. The van der Waals surface area contributed by atoms with E-state index in [4.69, 9.17) is 14.1 Å². The number of rotatable bonds is 6. The van der Waals surface area contributed by atoms with Crippen molar-refractivity contribution in [1.82, 2.24) is 9.96 Å². The molecule has 2 bridgehead atoms. The Morgan fingerprint density at radius 3 is 2.68 bits per heavy atom. The molecule has 37 heavy (non-hydrogen) atoms. The van der Waals surface area contributed by atoms with Gasteiger partial charge in [-0.3, -0.25) is 14.2 Å². The Balaban J connectivity index is 1.35. The molecule has 1 unspecified atom stereocenters. The molecular weight excluding hydrogens is 499 g/mol. The summed E-state index contributed by atoms with van der Waals surface area (Å²) in [6, 6.07) is 1.84. The number of likely N-dealkylation sites (tertiary alicyclic amines) is 1. The van der Waals surface area contributed by atoms with Gasteiger partial charge < -0.3 is 24.1 Å². The molecule has 2 saturated heterocycles. The lowest BCUT2D eigenvalue weighted by Gasteiger charge is -2.57. The fraction of sp³-hybridized carbons (Fsp3) is 0.577. The molecule has 6 rings (SSSR count). The molecule has 10 nitrogen and oxygen atoms in total. The first-order valence-corrected chi connectivity index (χ1v) is 15.2. The van der Waals surface area contributed by atoms with Crippen LogP contribution < -0.4 is 4.74 Å². The second-order valence-corrected chi connectivity index (χ2v) is 13.8. The second-order valence-electron chi connectivity index (χ2n) is 11.1. The number of amides is 2. The smallest absolute Gasteiger partial charge is 0.333 e. The molecule has 5 aliphatic rings. The number of carbonyl (C=O) groups is 3. The maximum Gasteiger partial charge on any atom is 0.333 e. The first-order valence-electron chi connectivity index (χ1n) is 12.7. The molecule has 3 heterocycles. The lowest BCUT2D eigenvalue weighted by atomic mass is 9.53. The number of hydrogen-bond acceptors (Lipinski definition) is 9. The highest BCUT2D eigenvalue weighted by atomic mass is 31.2. The summed E-state index contributed by atoms with van der Waals surface area (Å²) < 4.78 is 25.1. The highest BCUT2D eigenvalue weighted by Crippen LogP contribution is 2.64. The zero-order valence-electron chi connectivity index (χ0n) is 21.1. The standard InChI is InChI=1S/C26H31N2O8P/c1-27-11-10-26-16-5-6-19(36-37(2,3)33)25(26)34-24-18(29)12-14(15(23(24)26)13-17(16)27)4-9-22(32)35-28-20(30)7-8-21(28)31/h5-6,12,16-17,19,25,29H,4,7-11,13H2,1-3H3/t16?,17-,19+,25+,26+/m1/s1. The summed E-state index contributed by atoms with van der Waals surface area (Å²) in [6.45, 7) is 4.04. The highest BCUT2D eigenvalue weighted by Gasteiger charge is 2.65. The summed E-state index contributed by atoms with van der Waals surface area (Å²) >= 11 is 0. The Morgan fingerprint density at radius 1 is 1.24 bits per heavy atom. The van der Waals surface area contributed by atoms with Crippen LogP contribution in [0.15, 0.2) is 18.2 Å². The molecule has 198 valence electrons. The number of hydrogen-bond donors (Lipinski definition) is 1. The largest absolute Gasteiger partial charge is 0.504 e. The van der Waals surface area contributed by atoms with Gasteiger partial charge in [-0.05, 0) is 50.0 Å². The number of carbonyl (C=O) groups excluding carboxylic acids is 3. The maximum atomic E-state index is 12.6. The summed E-state index contributed by atoms with van der Waals surface area (Å²) in [6.07, 6.45) is 5.04. The molecule has 0 saturated carbocycles. The third-order valence-corrected chi connectivity index (χ3v) is 9.28. The molecule has 1 N–H and O–H groups in total. The molecule has 2 fully saturated rings. The first-order chi connectivity index (χ1) is 17.5. The first kappa shape index (κ1) is 24.6. The van der Waals surface area contributed by atoms with E-state index in [0.717, 1.165) is 36.1 Å². The molecule has 0 aromatic heterocycles. The van der Waals surface area contributed by atoms with E-state index >= 15 is 0 Å². The van der Waals surface area contributed by atoms with Crippen molar-refractivity contribution in [2.45, 2.75) is 62.2 Å². The number of ether oxygens (including phenoxy) is 1. The van der Waals surface area contributed by atoms with Gasteiger partial charge in [-0.25, -0.2) is 4.79 Å². The number of imide groups is 1. The summed E-state index contributed by atoms with van der Waals surface area (Å²) in [5.74, 6) is -1.11. The Labute approximate surface area is 214 Å². The van der Waals surface area contributed by atoms with E-state index < -0.39 is 42.8 Å². The Morgan fingerprint density at radius 2 is 1.97 bits per heavy atom. The second kappa shape index (κ2) is 8.41. The van der Waals surface area contributed by atoms with Gasteiger partial charge in [0.15, 0.2) is 18.9 Å². The summed E-state index contributed by atoms with van der Waals surface area (Å²) in [4.78, 5) is 43.5. The SMILES string of the molecule is CN1CC[C@]23c4c5c(CCC(=O)ON6C(=O)CCC6=O)cc(O)c4O[C@H]2[C@@H](OP(C)(C)=O)C=CC3[C@H]1C5. The number of nitrogens with zero attached hydrogens (tertiary/aromatic N) is 2. The van der Waals surface area contributed by atoms with Crippen molar-refractivity contribution in [2.24, 2.45) is 5.92 Å².